The standard InChI is InChI=1S/C14H16N2O/c1-14(2,3)12-6-4-10(5-7-12)13(17)11-8-15-16-9-11/h4-9H,1-3H3,(H,15,16). The molecule has 0 spiro atoms. The number of nitrogens with zero attached hydrogens (tertiary/aromatic N) is 1. The molecule has 3 heteroatoms. The lowest BCUT2D eigenvalue weighted by Crippen LogP contribution is -2.11. The van der Waals surface area contributed by atoms with Gasteiger partial charge in [-0.3, -0.25) is 9.89 Å². The molecule has 0 amide bonds. The predicted octanol–water partition coefficient (Wildman–Crippen LogP) is 2.94. The molecular formula is C14H16N2O. The number of ketones is 1. The number of carbonyl (C=O) groups excluding carboxylic acids is 1. The van der Waals surface area contributed by atoms with E-state index in [4.69, 9.17) is 0 Å². The molecule has 88 valence electrons. The second kappa shape index (κ2) is 4.17. The van der Waals surface area contributed by atoms with Gasteiger partial charge in [-0.1, -0.05) is 45.0 Å². The van der Waals surface area contributed by atoms with Crippen molar-refractivity contribution in [3.8, 4) is 0 Å². The van der Waals surface area contributed by atoms with E-state index in [-0.39, 0.29) is 11.2 Å². The minimum atomic E-state index is -0.000732. The molecule has 0 aliphatic rings. The molecule has 0 aliphatic heterocycles. The molecule has 3 nitrogen and oxygen atoms in total. The molecule has 0 atom stereocenters. The number of hydrogen-bond donors (Lipinski definition) is 1. The highest BCUT2D eigenvalue weighted by atomic mass is 16.1. The Labute approximate surface area is 101 Å². The van der Waals surface area contributed by atoms with Crippen molar-refractivity contribution in [2.45, 2.75) is 26.2 Å². The largest absolute Gasteiger partial charge is 0.288 e. The Morgan fingerprint density at radius 2 is 1.76 bits per heavy atom. The lowest BCUT2D eigenvalue weighted by atomic mass is 9.86. The third-order valence-electron chi connectivity index (χ3n) is 2.77. The maximum absolute atomic E-state index is 12.0. The highest BCUT2D eigenvalue weighted by Gasteiger charge is 2.15. The van der Waals surface area contributed by atoms with Crippen LogP contribution in [-0.2, 0) is 5.41 Å². The third-order valence-corrected chi connectivity index (χ3v) is 2.77. The van der Waals surface area contributed by atoms with E-state index in [1.165, 1.54) is 5.56 Å². The van der Waals surface area contributed by atoms with Crippen molar-refractivity contribution in [1.29, 1.82) is 0 Å². The molecule has 0 saturated heterocycles. The van der Waals surface area contributed by atoms with Crippen LogP contribution in [0.5, 0.6) is 0 Å². The van der Waals surface area contributed by atoms with Gasteiger partial charge in [0.1, 0.15) is 0 Å². The smallest absolute Gasteiger partial charge is 0.196 e. The van der Waals surface area contributed by atoms with Crippen LogP contribution in [0.1, 0.15) is 42.3 Å². The number of benzene rings is 1. The molecule has 0 unspecified atom stereocenters. The molecule has 0 radical (unpaired) electrons. The summed E-state index contributed by atoms with van der Waals surface area (Å²) >= 11 is 0. The van der Waals surface area contributed by atoms with Crippen LogP contribution in [0.15, 0.2) is 36.7 Å². The van der Waals surface area contributed by atoms with Gasteiger partial charge >= 0.3 is 0 Å². The highest BCUT2D eigenvalue weighted by molar-refractivity contribution is 6.08. The van der Waals surface area contributed by atoms with Crippen LogP contribution in [0.25, 0.3) is 0 Å². The molecule has 0 aliphatic carbocycles. The van der Waals surface area contributed by atoms with Crippen molar-refractivity contribution >= 4 is 5.78 Å². The SMILES string of the molecule is CC(C)(C)c1ccc(C(=O)c2cn[nH]c2)cc1. The minimum absolute atomic E-state index is 0.000732. The summed E-state index contributed by atoms with van der Waals surface area (Å²) in [5.41, 5.74) is 2.62. The van der Waals surface area contributed by atoms with Crippen LogP contribution < -0.4 is 0 Å². The second-order valence-corrected chi connectivity index (χ2v) is 5.14. The number of aromatic nitrogens is 2. The molecule has 0 saturated carbocycles. The van der Waals surface area contributed by atoms with Crippen LogP contribution in [-0.4, -0.2) is 16.0 Å². The summed E-state index contributed by atoms with van der Waals surface area (Å²) in [4.78, 5) is 12.0. The molecule has 17 heavy (non-hydrogen) atoms. The lowest BCUT2D eigenvalue weighted by molar-refractivity contribution is 0.103. The van der Waals surface area contributed by atoms with Crippen LogP contribution >= 0.6 is 0 Å². The van der Waals surface area contributed by atoms with E-state index in [0.717, 1.165) is 0 Å². The Morgan fingerprint density at radius 1 is 1.12 bits per heavy atom. The predicted molar refractivity (Wildman–Crippen MR) is 67.2 cm³/mol. The number of carbonyl (C=O) groups is 1. The summed E-state index contributed by atoms with van der Waals surface area (Å²) in [5, 5.41) is 6.42. The average molecular weight is 228 g/mol. The number of nitrogens with one attached hydrogen (secondary N) is 1. The Bertz CT molecular complexity index is 504. The van der Waals surface area contributed by atoms with Crippen LogP contribution in [0, 0.1) is 0 Å². The monoisotopic (exact) mass is 228 g/mol. The molecule has 0 bridgehead atoms. The summed E-state index contributed by atoms with van der Waals surface area (Å²) in [6, 6.07) is 7.76. The van der Waals surface area contributed by atoms with Gasteiger partial charge in [0, 0.05) is 11.8 Å². The van der Waals surface area contributed by atoms with Gasteiger partial charge in [-0.05, 0) is 11.0 Å². The Kier molecular flexibility index (Phi) is 2.84. The fourth-order valence-corrected chi connectivity index (χ4v) is 1.66. The fraction of sp³-hybridized carbons (Fsp3) is 0.286. The van der Waals surface area contributed by atoms with Crippen molar-refractivity contribution in [1.82, 2.24) is 10.2 Å². The first-order valence-corrected chi connectivity index (χ1v) is 5.62. The Hall–Kier alpha value is -1.90. The topological polar surface area (TPSA) is 45.8 Å². The first-order chi connectivity index (χ1) is 7.98. The summed E-state index contributed by atoms with van der Waals surface area (Å²) < 4.78 is 0. The van der Waals surface area contributed by atoms with E-state index in [1.807, 2.05) is 24.3 Å². The number of H-pyrrole nitrogens is 1. The molecular weight excluding hydrogens is 212 g/mol. The van der Waals surface area contributed by atoms with E-state index in [1.54, 1.807) is 12.4 Å². The zero-order chi connectivity index (χ0) is 12.5. The average Bonchev–Trinajstić information content (AvgIpc) is 2.80. The van der Waals surface area contributed by atoms with Crippen molar-refractivity contribution in [3.05, 3.63) is 53.3 Å². The molecule has 2 aromatic rings. The maximum Gasteiger partial charge on any atom is 0.196 e. The molecule has 1 aromatic carbocycles. The van der Waals surface area contributed by atoms with Gasteiger partial charge in [0.25, 0.3) is 0 Å². The van der Waals surface area contributed by atoms with Gasteiger partial charge in [0.15, 0.2) is 5.78 Å². The molecule has 1 N–H and O–H groups in total. The van der Waals surface area contributed by atoms with Crippen molar-refractivity contribution in [2.75, 3.05) is 0 Å². The minimum Gasteiger partial charge on any atom is -0.288 e. The van der Waals surface area contributed by atoms with E-state index in [9.17, 15) is 4.79 Å². The Balaban J connectivity index is 2.28. The van der Waals surface area contributed by atoms with Gasteiger partial charge < -0.3 is 0 Å². The second-order valence-electron chi connectivity index (χ2n) is 5.14. The van der Waals surface area contributed by atoms with Gasteiger partial charge in [-0.25, -0.2) is 0 Å². The van der Waals surface area contributed by atoms with E-state index in [0.29, 0.717) is 11.1 Å². The number of rotatable bonds is 2. The van der Waals surface area contributed by atoms with Gasteiger partial charge in [0.05, 0.1) is 11.8 Å². The summed E-state index contributed by atoms with van der Waals surface area (Å²) in [7, 11) is 0. The third kappa shape index (κ3) is 2.44. The highest BCUT2D eigenvalue weighted by Crippen LogP contribution is 2.22. The fourth-order valence-electron chi connectivity index (χ4n) is 1.66. The number of hydrogen-bond acceptors (Lipinski definition) is 2. The Morgan fingerprint density at radius 3 is 2.24 bits per heavy atom. The lowest BCUT2D eigenvalue weighted by Gasteiger charge is -2.18. The van der Waals surface area contributed by atoms with Crippen molar-refractivity contribution < 1.29 is 4.79 Å². The molecule has 0 fully saturated rings. The van der Waals surface area contributed by atoms with Crippen LogP contribution in [0.3, 0.4) is 0 Å². The van der Waals surface area contributed by atoms with Gasteiger partial charge in [-0.15, -0.1) is 0 Å². The molecule has 1 aromatic heterocycles. The first kappa shape index (κ1) is 11.6. The molecule has 1 heterocycles. The number of aromatic amines is 1. The van der Waals surface area contributed by atoms with Crippen molar-refractivity contribution in [2.24, 2.45) is 0 Å². The quantitative estimate of drug-likeness (QED) is 0.803. The normalized spacial score (nSPS) is 11.5. The van der Waals surface area contributed by atoms with E-state index in [2.05, 4.69) is 31.0 Å². The van der Waals surface area contributed by atoms with Gasteiger partial charge in [-0.2, -0.15) is 5.10 Å². The molecule has 2 rings (SSSR count). The van der Waals surface area contributed by atoms with Crippen LogP contribution in [0.4, 0.5) is 0 Å². The first-order valence-electron chi connectivity index (χ1n) is 5.62. The van der Waals surface area contributed by atoms with E-state index >= 15 is 0 Å². The summed E-state index contributed by atoms with van der Waals surface area (Å²) in [5.74, 6) is -0.000732. The van der Waals surface area contributed by atoms with Gasteiger partial charge in [0.2, 0.25) is 0 Å². The summed E-state index contributed by atoms with van der Waals surface area (Å²) in [6.07, 6.45) is 3.15. The van der Waals surface area contributed by atoms with E-state index < -0.39 is 0 Å². The zero-order valence-electron chi connectivity index (χ0n) is 10.3. The maximum atomic E-state index is 12.0. The van der Waals surface area contributed by atoms with Crippen LogP contribution in [0.2, 0.25) is 0 Å². The zero-order valence-corrected chi connectivity index (χ0v) is 10.3. The summed E-state index contributed by atoms with van der Waals surface area (Å²) in [6.45, 7) is 6.46. The van der Waals surface area contributed by atoms with Crippen molar-refractivity contribution in [3.63, 3.8) is 0 Å².